The van der Waals surface area contributed by atoms with Crippen LogP contribution in [0.15, 0.2) is 66.9 Å². The van der Waals surface area contributed by atoms with Gasteiger partial charge in [-0.25, -0.2) is 4.98 Å². The highest BCUT2D eigenvalue weighted by Gasteiger charge is 2.25. The fourth-order valence-corrected chi connectivity index (χ4v) is 3.97. The van der Waals surface area contributed by atoms with E-state index in [1.807, 2.05) is 59.5 Å². The van der Waals surface area contributed by atoms with Gasteiger partial charge in [0.2, 0.25) is 0 Å². The minimum Gasteiger partial charge on any atom is -0.352 e. The van der Waals surface area contributed by atoms with Crippen LogP contribution >= 0.6 is 23.2 Å². The number of halogens is 2. The van der Waals surface area contributed by atoms with Crippen LogP contribution in [0, 0.1) is 0 Å². The van der Waals surface area contributed by atoms with Crippen molar-refractivity contribution in [2.45, 2.75) is 0 Å². The predicted octanol–water partition coefficient (Wildman–Crippen LogP) is 5.02. The summed E-state index contributed by atoms with van der Waals surface area (Å²) in [5, 5.41) is 1.04. The Balaban J connectivity index is 1.51. The molecular formula is C22H19Cl2N3O. The van der Waals surface area contributed by atoms with Gasteiger partial charge in [0.15, 0.2) is 0 Å². The molecule has 1 amide bonds. The smallest absolute Gasteiger partial charge is 0.254 e. The van der Waals surface area contributed by atoms with Crippen LogP contribution in [0.4, 0.5) is 5.82 Å². The number of nitrogens with zero attached hydrogens (tertiary/aromatic N) is 3. The van der Waals surface area contributed by atoms with Crippen molar-refractivity contribution < 1.29 is 4.79 Å². The van der Waals surface area contributed by atoms with E-state index in [0.717, 1.165) is 16.7 Å². The van der Waals surface area contributed by atoms with E-state index >= 15 is 0 Å². The molecule has 28 heavy (non-hydrogen) atoms. The molecule has 6 heteroatoms. The van der Waals surface area contributed by atoms with Crippen LogP contribution in [0.25, 0.3) is 11.1 Å². The molecule has 1 saturated heterocycles. The third-order valence-electron chi connectivity index (χ3n) is 4.90. The van der Waals surface area contributed by atoms with Crippen LogP contribution in [0.3, 0.4) is 0 Å². The van der Waals surface area contributed by atoms with Gasteiger partial charge in [-0.15, -0.1) is 0 Å². The van der Waals surface area contributed by atoms with E-state index < -0.39 is 0 Å². The lowest BCUT2D eigenvalue weighted by Gasteiger charge is -2.36. The average molecular weight is 412 g/mol. The van der Waals surface area contributed by atoms with E-state index in [9.17, 15) is 4.79 Å². The van der Waals surface area contributed by atoms with E-state index in [-0.39, 0.29) is 5.91 Å². The van der Waals surface area contributed by atoms with Crippen molar-refractivity contribution in [2.75, 3.05) is 31.1 Å². The SMILES string of the molecule is O=C(c1ccccc1-c1ccccc1)N1CCN(c2ncc(Cl)cc2Cl)CC1. The molecule has 0 N–H and O–H groups in total. The number of hydrogen-bond donors (Lipinski definition) is 0. The summed E-state index contributed by atoms with van der Waals surface area (Å²) in [7, 11) is 0. The summed E-state index contributed by atoms with van der Waals surface area (Å²) >= 11 is 12.2. The maximum Gasteiger partial charge on any atom is 0.254 e. The topological polar surface area (TPSA) is 36.4 Å². The van der Waals surface area contributed by atoms with Crippen LogP contribution in [0.1, 0.15) is 10.4 Å². The number of amides is 1. The molecule has 0 unspecified atom stereocenters. The monoisotopic (exact) mass is 411 g/mol. The Morgan fingerprint density at radius 1 is 0.893 bits per heavy atom. The molecule has 0 radical (unpaired) electrons. The summed E-state index contributed by atoms with van der Waals surface area (Å²) < 4.78 is 0. The molecule has 0 aliphatic carbocycles. The van der Waals surface area contributed by atoms with E-state index in [2.05, 4.69) is 9.88 Å². The molecule has 0 saturated carbocycles. The molecule has 142 valence electrons. The van der Waals surface area contributed by atoms with E-state index in [1.165, 1.54) is 0 Å². The molecule has 1 aliphatic heterocycles. The quantitative estimate of drug-likeness (QED) is 0.606. The number of aromatic nitrogens is 1. The third-order valence-corrected chi connectivity index (χ3v) is 5.38. The Labute approximate surface area is 174 Å². The number of pyridine rings is 1. The van der Waals surface area contributed by atoms with Crippen LogP contribution in [-0.4, -0.2) is 42.0 Å². The molecule has 4 rings (SSSR count). The Bertz CT molecular complexity index is 986. The van der Waals surface area contributed by atoms with Gasteiger partial charge in [-0.3, -0.25) is 4.79 Å². The number of carbonyl (C=O) groups is 1. The zero-order valence-electron chi connectivity index (χ0n) is 15.2. The van der Waals surface area contributed by atoms with Gasteiger partial charge in [0.05, 0.1) is 10.0 Å². The van der Waals surface area contributed by atoms with Gasteiger partial charge >= 0.3 is 0 Å². The van der Waals surface area contributed by atoms with E-state index in [1.54, 1.807) is 12.3 Å². The molecule has 2 heterocycles. The predicted molar refractivity (Wildman–Crippen MR) is 114 cm³/mol. The number of hydrogen-bond acceptors (Lipinski definition) is 3. The lowest BCUT2D eigenvalue weighted by Crippen LogP contribution is -2.49. The van der Waals surface area contributed by atoms with E-state index in [0.29, 0.717) is 42.0 Å². The summed E-state index contributed by atoms with van der Waals surface area (Å²) in [6, 6.07) is 19.5. The van der Waals surface area contributed by atoms with Gasteiger partial charge in [0.1, 0.15) is 5.82 Å². The number of carbonyl (C=O) groups excluding carboxylic acids is 1. The summed E-state index contributed by atoms with van der Waals surface area (Å²) in [5.41, 5.74) is 2.73. The second kappa shape index (κ2) is 8.21. The highest BCUT2D eigenvalue weighted by molar-refractivity contribution is 6.36. The number of benzene rings is 2. The van der Waals surface area contributed by atoms with Gasteiger partial charge in [-0.1, -0.05) is 71.7 Å². The molecule has 0 bridgehead atoms. The summed E-state index contributed by atoms with van der Waals surface area (Å²) in [4.78, 5) is 21.5. The van der Waals surface area contributed by atoms with Crippen LogP contribution in [0.5, 0.6) is 0 Å². The average Bonchev–Trinajstić information content (AvgIpc) is 2.74. The maximum atomic E-state index is 13.2. The summed E-state index contributed by atoms with van der Waals surface area (Å²) in [6.07, 6.45) is 1.59. The Hall–Kier alpha value is -2.56. The van der Waals surface area contributed by atoms with Crippen molar-refractivity contribution in [3.05, 3.63) is 82.5 Å². The zero-order chi connectivity index (χ0) is 19.5. The minimum atomic E-state index is 0.0502. The van der Waals surface area contributed by atoms with Gasteiger partial charge in [-0.05, 0) is 23.3 Å². The fraction of sp³-hybridized carbons (Fsp3) is 0.182. The highest BCUT2D eigenvalue weighted by atomic mass is 35.5. The van der Waals surface area contributed by atoms with Crippen LogP contribution < -0.4 is 4.90 Å². The Kier molecular flexibility index (Phi) is 5.51. The molecule has 0 spiro atoms. The fourth-order valence-electron chi connectivity index (χ4n) is 3.47. The number of piperazine rings is 1. The zero-order valence-corrected chi connectivity index (χ0v) is 16.7. The lowest BCUT2D eigenvalue weighted by atomic mass is 9.98. The molecule has 1 aromatic heterocycles. The van der Waals surface area contributed by atoms with Gasteiger partial charge in [0.25, 0.3) is 5.91 Å². The first-order chi connectivity index (χ1) is 13.6. The van der Waals surface area contributed by atoms with Crippen LogP contribution in [0.2, 0.25) is 10.0 Å². The molecule has 3 aromatic rings. The normalized spacial score (nSPS) is 14.2. The highest BCUT2D eigenvalue weighted by Crippen LogP contribution is 2.28. The first kappa shape index (κ1) is 18.8. The summed E-state index contributed by atoms with van der Waals surface area (Å²) in [6.45, 7) is 2.58. The molecule has 0 atom stereocenters. The second-order valence-electron chi connectivity index (χ2n) is 6.65. The van der Waals surface area contributed by atoms with E-state index in [4.69, 9.17) is 23.2 Å². The molecule has 4 nitrogen and oxygen atoms in total. The van der Waals surface area contributed by atoms with Gasteiger partial charge in [0, 0.05) is 37.9 Å². The minimum absolute atomic E-state index is 0.0502. The lowest BCUT2D eigenvalue weighted by molar-refractivity contribution is 0.0747. The Morgan fingerprint density at radius 3 is 2.29 bits per heavy atom. The van der Waals surface area contributed by atoms with Crippen molar-refractivity contribution in [1.29, 1.82) is 0 Å². The third kappa shape index (κ3) is 3.84. The van der Waals surface area contributed by atoms with Gasteiger partial charge in [-0.2, -0.15) is 0 Å². The van der Waals surface area contributed by atoms with Crippen LogP contribution in [-0.2, 0) is 0 Å². The maximum absolute atomic E-state index is 13.2. The largest absolute Gasteiger partial charge is 0.352 e. The van der Waals surface area contributed by atoms with Crippen molar-refractivity contribution in [1.82, 2.24) is 9.88 Å². The second-order valence-corrected chi connectivity index (χ2v) is 7.49. The number of anilines is 1. The Morgan fingerprint density at radius 2 is 1.57 bits per heavy atom. The van der Waals surface area contributed by atoms with Crippen molar-refractivity contribution >= 4 is 34.9 Å². The first-order valence-electron chi connectivity index (χ1n) is 9.13. The molecule has 1 fully saturated rings. The first-order valence-corrected chi connectivity index (χ1v) is 9.89. The molecule has 1 aliphatic rings. The van der Waals surface area contributed by atoms with Crippen molar-refractivity contribution in [3.63, 3.8) is 0 Å². The number of rotatable bonds is 3. The summed E-state index contributed by atoms with van der Waals surface area (Å²) in [5.74, 6) is 0.761. The van der Waals surface area contributed by atoms with Crippen molar-refractivity contribution in [3.8, 4) is 11.1 Å². The molecule has 2 aromatic carbocycles. The molecular weight excluding hydrogens is 393 g/mol. The standard InChI is InChI=1S/C22H19Cl2N3O/c23-17-14-20(24)21(25-15-17)26-10-12-27(13-11-26)22(28)19-9-5-4-8-18(19)16-6-2-1-3-7-16/h1-9,14-15H,10-13H2. The van der Waals surface area contributed by atoms with Gasteiger partial charge < -0.3 is 9.80 Å². The van der Waals surface area contributed by atoms with Crippen molar-refractivity contribution in [2.24, 2.45) is 0 Å².